The molecule has 2 aromatic heterocycles. The Labute approximate surface area is 170 Å². The molecule has 2 heterocycles. The van der Waals surface area contributed by atoms with E-state index < -0.39 is 5.25 Å². The normalized spacial score (nSPS) is 12.9. The van der Waals surface area contributed by atoms with Crippen molar-refractivity contribution in [1.82, 2.24) is 15.3 Å². The van der Waals surface area contributed by atoms with Crippen molar-refractivity contribution in [3.05, 3.63) is 45.3 Å². The van der Waals surface area contributed by atoms with Crippen LogP contribution in [0.5, 0.6) is 0 Å². The number of nitrogens with zero attached hydrogens (tertiary/aromatic N) is 1. The van der Waals surface area contributed by atoms with Gasteiger partial charge < -0.3 is 10.3 Å². The number of nitrogens with one attached hydrogen (secondary N) is 2. The van der Waals surface area contributed by atoms with E-state index in [1.54, 1.807) is 19.1 Å². The van der Waals surface area contributed by atoms with E-state index in [1.807, 2.05) is 27.7 Å². The summed E-state index contributed by atoms with van der Waals surface area (Å²) in [5.74, 6) is -0.441. The molecule has 0 aliphatic heterocycles. The zero-order chi connectivity index (χ0) is 20.6. The number of aromatic amines is 1. The van der Waals surface area contributed by atoms with Crippen molar-refractivity contribution >= 4 is 39.2 Å². The SMILES string of the molecule is Cc1sc2nc(S[C@H](C)C(=O)NC(C)(C)C)[nH]c(=O)c2c1-c1ccc(F)cc1. The quantitative estimate of drug-likeness (QED) is 0.482. The lowest BCUT2D eigenvalue weighted by molar-refractivity contribution is -0.121. The van der Waals surface area contributed by atoms with Crippen LogP contribution in [0.25, 0.3) is 21.3 Å². The second-order valence-corrected chi connectivity index (χ2v) is 10.1. The van der Waals surface area contributed by atoms with E-state index >= 15 is 0 Å². The van der Waals surface area contributed by atoms with E-state index in [0.717, 1.165) is 16.0 Å². The number of thiophene rings is 1. The van der Waals surface area contributed by atoms with Gasteiger partial charge in [-0.2, -0.15) is 0 Å². The first-order chi connectivity index (χ1) is 13.0. The molecule has 1 aromatic carbocycles. The molecule has 2 N–H and O–H groups in total. The van der Waals surface area contributed by atoms with Crippen molar-refractivity contribution < 1.29 is 9.18 Å². The van der Waals surface area contributed by atoms with Gasteiger partial charge in [-0.1, -0.05) is 23.9 Å². The Morgan fingerprint density at radius 1 is 1.29 bits per heavy atom. The summed E-state index contributed by atoms with van der Waals surface area (Å²) in [6.07, 6.45) is 0. The molecule has 3 aromatic rings. The number of amides is 1. The molecule has 0 fully saturated rings. The van der Waals surface area contributed by atoms with Crippen LogP contribution in [-0.2, 0) is 4.79 Å². The van der Waals surface area contributed by atoms with Gasteiger partial charge in [0.15, 0.2) is 5.16 Å². The number of carbonyl (C=O) groups excluding carboxylic acids is 1. The molecule has 0 saturated carbocycles. The van der Waals surface area contributed by atoms with Crippen molar-refractivity contribution in [1.29, 1.82) is 0 Å². The summed E-state index contributed by atoms with van der Waals surface area (Å²) in [4.78, 5) is 33.9. The zero-order valence-electron chi connectivity index (χ0n) is 16.3. The molecule has 3 rings (SSSR count). The largest absolute Gasteiger partial charge is 0.351 e. The molecule has 0 aliphatic carbocycles. The van der Waals surface area contributed by atoms with Gasteiger partial charge in [0.2, 0.25) is 5.91 Å². The Morgan fingerprint density at radius 2 is 1.93 bits per heavy atom. The van der Waals surface area contributed by atoms with Crippen molar-refractivity contribution in [2.24, 2.45) is 0 Å². The molecule has 5 nitrogen and oxygen atoms in total. The summed E-state index contributed by atoms with van der Waals surface area (Å²) < 4.78 is 13.3. The lowest BCUT2D eigenvalue weighted by Crippen LogP contribution is -2.44. The van der Waals surface area contributed by atoms with Crippen LogP contribution in [0.4, 0.5) is 4.39 Å². The molecular formula is C20H22FN3O2S2. The fourth-order valence-electron chi connectivity index (χ4n) is 2.81. The van der Waals surface area contributed by atoms with Crippen molar-refractivity contribution in [2.45, 2.75) is 50.6 Å². The molecule has 0 unspecified atom stereocenters. The summed E-state index contributed by atoms with van der Waals surface area (Å²) in [5.41, 5.74) is 0.949. The van der Waals surface area contributed by atoms with E-state index in [2.05, 4.69) is 15.3 Å². The Balaban J connectivity index is 1.95. The van der Waals surface area contributed by atoms with Crippen LogP contribution in [0.3, 0.4) is 0 Å². The standard InChI is InChI=1S/C20H22FN3O2S2/c1-10-14(12-6-8-13(21)9-7-12)15-17(26)22-19(23-18(15)27-10)28-11(2)16(25)24-20(3,4)5/h6-9,11H,1-5H3,(H,24,25)(H,22,23,26)/t11-/m1/s1. The van der Waals surface area contributed by atoms with Crippen LogP contribution < -0.4 is 10.9 Å². The van der Waals surface area contributed by atoms with Crippen molar-refractivity contribution in [2.75, 3.05) is 0 Å². The molecule has 0 bridgehead atoms. The number of fused-ring (bicyclic) bond motifs is 1. The van der Waals surface area contributed by atoms with Crippen LogP contribution in [0.2, 0.25) is 0 Å². The van der Waals surface area contributed by atoms with Gasteiger partial charge in [-0.15, -0.1) is 11.3 Å². The molecule has 1 atom stereocenters. The van der Waals surface area contributed by atoms with Gasteiger partial charge >= 0.3 is 0 Å². The van der Waals surface area contributed by atoms with Gasteiger partial charge in [0.25, 0.3) is 5.56 Å². The summed E-state index contributed by atoms with van der Waals surface area (Å²) >= 11 is 2.63. The predicted octanol–water partition coefficient (Wildman–Crippen LogP) is 4.49. The number of hydrogen-bond donors (Lipinski definition) is 2. The minimum absolute atomic E-state index is 0.116. The van der Waals surface area contributed by atoms with Crippen LogP contribution in [0.1, 0.15) is 32.6 Å². The predicted molar refractivity (Wildman–Crippen MR) is 114 cm³/mol. The molecule has 0 radical (unpaired) electrons. The third-order valence-electron chi connectivity index (χ3n) is 4.01. The molecular weight excluding hydrogens is 397 g/mol. The Kier molecular flexibility index (Phi) is 5.63. The molecule has 8 heteroatoms. The maximum Gasteiger partial charge on any atom is 0.260 e. The number of halogens is 1. The number of thioether (sulfide) groups is 1. The van der Waals surface area contributed by atoms with Crippen molar-refractivity contribution in [3.8, 4) is 11.1 Å². The monoisotopic (exact) mass is 419 g/mol. The number of carbonyl (C=O) groups is 1. The van der Waals surface area contributed by atoms with Crippen molar-refractivity contribution in [3.63, 3.8) is 0 Å². The summed E-state index contributed by atoms with van der Waals surface area (Å²) in [6.45, 7) is 9.44. The lowest BCUT2D eigenvalue weighted by Gasteiger charge is -2.22. The van der Waals surface area contributed by atoms with Gasteiger partial charge in [0, 0.05) is 16.0 Å². The maximum atomic E-state index is 13.3. The maximum absolute atomic E-state index is 13.3. The number of rotatable bonds is 4. The highest BCUT2D eigenvalue weighted by Crippen LogP contribution is 2.36. The fraction of sp³-hybridized carbons (Fsp3) is 0.350. The second-order valence-electron chi connectivity index (χ2n) is 7.59. The smallest absolute Gasteiger partial charge is 0.260 e. The third kappa shape index (κ3) is 4.44. The summed E-state index contributed by atoms with van der Waals surface area (Å²) in [6, 6.07) is 6.06. The number of benzene rings is 1. The van der Waals surface area contributed by atoms with Crippen LogP contribution in [0.15, 0.2) is 34.2 Å². The molecule has 0 saturated heterocycles. The van der Waals surface area contributed by atoms with E-state index in [4.69, 9.17) is 0 Å². The Bertz CT molecular complexity index is 1080. The fourth-order valence-corrected chi connectivity index (χ4v) is 4.71. The minimum atomic E-state index is -0.405. The highest BCUT2D eigenvalue weighted by Gasteiger charge is 2.22. The highest BCUT2D eigenvalue weighted by molar-refractivity contribution is 8.00. The van der Waals surface area contributed by atoms with E-state index in [0.29, 0.717) is 15.4 Å². The topological polar surface area (TPSA) is 74.8 Å². The molecule has 0 aliphatic rings. The average Bonchev–Trinajstić information content (AvgIpc) is 2.90. The first-order valence-corrected chi connectivity index (χ1v) is 10.5. The van der Waals surface area contributed by atoms with Gasteiger partial charge in [-0.25, -0.2) is 9.37 Å². The van der Waals surface area contributed by atoms with Crippen LogP contribution in [0, 0.1) is 12.7 Å². The van der Waals surface area contributed by atoms with E-state index in [1.165, 1.54) is 35.2 Å². The molecule has 1 amide bonds. The number of H-pyrrole nitrogens is 1. The van der Waals surface area contributed by atoms with Crippen LogP contribution in [-0.4, -0.2) is 26.7 Å². The molecule has 28 heavy (non-hydrogen) atoms. The molecule has 148 valence electrons. The van der Waals surface area contributed by atoms with Gasteiger partial charge in [-0.05, 0) is 52.3 Å². The highest BCUT2D eigenvalue weighted by atomic mass is 32.2. The average molecular weight is 420 g/mol. The summed E-state index contributed by atoms with van der Waals surface area (Å²) in [5, 5.41) is 3.41. The van der Waals surface area contributed by atoms with Gasteiger partial charge in [0.1, 0.15) is 10.6 Å². The third-order valence-corrected chi connectivity index (χ3v) is 5.99. The van der Waals surface area contributed by atoms with Gasteiger partial charge in [-0.3, -0.25) is 9.59 Å². The van der Waals surface area contributed by atoms with E-state index in [9.17, 15) is 14.0 Å². The zero-order valence-corrected chi connectivity index (χ0v) is 18.0. The second kappa shape index (κ2) is 7.67. The number of aromatic nitrogens is 2. The van der Waals surface area contributed by atoms with E-state index in [-0.39, 0.29) is 22.8 Å². The first-order valence-electron chi connectivity index (χ1n) is 8.83. The lowest BCUT2D eigenvalue weighted by atomic mass is 10.0. The number of aryl methyl sites for hydroxylation is 1. The minimum Gasteiger partial charge on any atom is -0.351 e. The Morgan fingerprint density at radius 3 is 2.54 bits per heavy atom. The van der Waals surface area contributed by atoms with Crippen LogP contribution >= 0.6 is 23.1 Å². The Hall–Kier alpha value is -2.19. The first kappa shape index (κ1) is 20.5. The van der Waals surface area contributed by atoms with Gasteiger partial charge in [0.05, 0.1) is 10.6 Å². The number of hydrogen-bond acceptors (Lipinski definition) is 5. The summed E-state index contributed by atoms with van der Waals surface area (Å²) in [7, 11) is 0. The molecule has 0 spiro atoms.